The number of nitrogens with zero attached hydrogens (tertiary/aromatic N) is 1. The summed E-state index contributed by atoms with van der Waals surface area (Å²) in [5.41, 5.74) is 1.72. The van der Waals surface area contributed by atoms with Crippen LogP contribution in [0.2, 0.25) is 0 Å². The van der Waals surface area contributed by atoms with Gasteiger partial charge in [0.1, 0.15) is 5.75 Å². The summed E-state index contributed by atoms with van der Waals surface area (Å²) in [4.78, 5) is 4.54. The average Bonchev–Trinajstić information content (AvgIpc) is 3.30. The first-order valence-electron chi connectivity index (χ1n) is 12.5. The second-order valence-electron chi connectivity index (χ2n) is 9.28. The van der Waals surface area contributed by atoms with Crippen molar-refractivity contribution in [3.63, 3.8) is 0 Å². The van der Waals surface area contributed by atoms with E-state index in [2.05, 4.69) is 46.8 Å². The van der Waals surface area contributed by atoms with Crippen LogP contribution in [0.15, 0.2) is 29.3 Å². The molecule has 33 heavy (non-hydrogen) atoms. The largest absolute Gasteiger partial charge is 0.494 e. The molecule has 2 N–H and O–H groups in total. The molecule has 1 saturated heterocycles. The summed E-state index contributed by atoms with van der Waals surface area (Å²) in [5.74, 6) is 1.82. The highest BCUT2D eigenvalue weighted by atomic mass is 127. The van der Waals surface area contributed by atoms with Crippen LogP contribution in [0.5, 0.6) is 5.75 Å². The standard InChI is InChI=1S/C26H43N3O3.HI/c1-4-30-17-14-25(12-6-7-13-25)20-28-24(27-3)29-21-26(15-18-31-19-16-26)22-8-10-23(11-9-22)32-5-2;/h8-11H,4-7,12-21H2,1-3H3,(H2,27,28,29);1H. The van der Waals surface area contributed by atoms with Crippen LogP contribution in [0.3, 0.4) is 0 Å². The summed E-state index contributed by atoms with van der Waals surface area (Å²) in [6.45, 7) is 9.81. The zero-order chi connectivity index (χ0) is 22.7. The van der Waals surface area contributed by atoms with Crippen molar-refractivity contribution in [3.05, 3.63) is 29.8 Å². The van der Waals surface area contributed by atoms with E-state index in [9.17, 15) is 0 Å². The molecule has 1 aromatic carbocycles. The van der Waals surface area contributed by atoms with Crippen molar-refractivity contribution in [1.82, 2.24) is 10.6 Å². The van der Waals surface area contributed by atoms with Crippen LogP contribution in [0.4, 0.5) is 0 Å². The number of nitrogens with one attached hydrogen (secondary N) is 2. The molecule has 0 atom stereocenters. The average molecular weight is 574 g/mol. The van der Waals surface area contributed by atoms with Gasteiger partial charge in [0.2, 0.25) is 0 Å². The van der Waals surface area contributed by atoms with E-state index in [0.29, 0.717) is 12.0 Å². The van der Waals surface area contributed by atoms with Crippen LogP contribution in [-0.4, -0.2) is 59.1 Å². The molecule has 1 aliphatic carbocycles. The fourth-order valence-corrected chi connectivity index (χ4v) is 5.22. The molecule has 2 aliphatic rings. The molecule has 1 heterocycles. The van der Waals surface area contributed by atoms with E-state index >= 15 is 0 Å². The van der Waals surface area contributed by atoms with Crippen molar-refractivity contribution in [2.75, 3.05) is 53.2 Å². The molecular weight excluding hydrogens is 529 g/mol. The maximum absolute atomic E-state index is 5.71. The van der Waals surface area contributed by atoms with Gasteiger partial charge in [-0.05, 0) is 69.1 Å². The normalized spacial score (nSPS) is 19.5. The van der Waals surface area contributed by atoms with Crippen LogP contribution in [-0.2, 0) is 14.9 Å². The minimum Gasteiger partial charge on any atom is -0.494 e. The highest BCUT2D eigenvalue weighted by molar-refractivity contribution is 14.0. The number of benzene rings is 1. The van der Waals surface area contributed by atoms with Crippen molar-refractivity contribution in [2.45, 2.75) is 64.2 Å². The first-order chi connectivity index (χ1) is 15.7. The number of aliphatic imine (C=N–C) groups is 1. The van der Waals surface area contributed by atoms with E-state index in [0.717, 1.165) is 70.5 Å². The molecule has 3 rings (SSSR count). The molecule has 0 bridgehead atoms. The molecule has 2 fully saturated rings. The Morgan fingerprint density at radius 3 is 2.24 bits per heavy atom. The Hall–Kier alpha value is -1.06. The highest BCUT2D eigenvalue weighted by Crippen LogP contribution is 2.40. The Balaban J connectivity index is 0.00000385. The first-order valence-corrected chi connectivity index (χ1v) is 12.5. The van der Waals surface area contributed by atoms with E-state index in [1.165, 1.54) is 31.2 Å². The van der Waals surface area contributed by atoms with Crippen LogP contribution in [0, 0.1) is 5.41 Å². The number of rotatable bonds is 11. The van der Waals surface area contributed by atoms with Gasteiger partial charge in [-0.1, -0.05) is 25.0 Å². The quantitative estimate of drug-likeness (QED) is 0.171. The Morgan fingerprint density at radius 1 is 0.970 bits per heavy atom. The summed E-state index contributed by atoms with van der Waals surface area (Å²) in [7, 11) is 1.87. The predicted molar refractivity (Wildman–Crippen MR) is 146 cm³/mol. The number of hydrogen-bond acceptors (Lipinski definition) is 4. The fraction of sp³-hybridized carbons (Fsp3) is 0.731. The van der Waals surface area contributed by atoms with Gasteiger partial charge in [0, 0.05) is 52.0 Å². The lowest BCUT2D eigenvalue weighted by Gasteiger charge is -2.38. The minimum atomic E-state index is 0. The zero-order valence-electron chi connectivity index (χ0n) is 20.8. The molecule has 0 aromatic heterocycles. The van der Waals surface area contributed by atoms with Gasteiger partial charge >= 0.3 is 0 Å². The summed E-state index contributed by atoms with van der Waals surface area (Å²) in [6, 6.07) is 8.61. The minimum absolute atomic E-state index is 0. The Labute approximate surface area is 217 Å². The molecule has 0 amide bonds. The van der Waals surface area contributed by atoms with Gasteiger partial charge in [-0.25, -0.2) is 0 Å². The van der Waals surface area contributed by atoms with Gasteiger partial charge in [-0.3, -0.25) is 4.99 Å². The molecule has 7 heteroatoms. The third kappa shape index (κ3) is 7.99. The SMILES string of the molecule is CCOCCC1(CNC(=NC)NCC2(c3ccc(OCC)cc3)CCOCC2)CCCC1.I. The maximum Gasteiger partial charge on any atom is 0.191 e. The maximum atomic E-state index is 5.71. The summed E-state index contributed by atoms with van der Waals surface area (Å²) in [6.07, 6.45) is 8.32. The van der Waals surface area contributed by atoms with E-state index in [-0.39, 0.29) is 29.4 Å². The molecule has 1 aliphatic heterocycles. The van der Waals surface area contributed by atoms with Gasteiger partial charge < -0.3 is 24.8 Å². The highest BCUT2D eigenvalue weighted by Gasteiger charge is 2.36. The van der Waals surface area contributed by atoms with Crippen molar-refractivity contribution < 1.29 is 14.2 Å². The molecule has 1 aromatic rings. The molecule has 0 spiro atoms. The smallest absolute Gasteiger partial charge is 0.191 e. The Bertz CT molecular complexity index is 699. The van der Waals surface area contributed by atoms with Gasteiger partial charge in [0.15, 0.2) is 5.96 Å². The number of hydrogen-bond donors (Lipinski definition) is 2. The second kappa shape index (κ2) is 14.4. The summed E-state index contributed by atoms with van der Waals surface area (Å²) in [5, 5.41) is 7.29. The molecule has 6 nitrogen and oxygen atoms in total. The topological polar surface area (TPSA) is 64.1 Å². The van der Waals surface area contributed by atoms with Crippen molar-refractivity contribution in [3.8, 4) is 5.75 Å². The summed E-state index contributed by atoms with van der Waals surface area (Å²) < 4.78 is 17.0. The molecule has 1 saturated carbocycles. The lowest BCUT2D eigenvalue weighted by atomic mass is 9.74. The van der Waals surface area contributed by atoms with Crippen LogP contribution in [0.1, 0.15) is 64.4 Å². The van der Waals surface area contributed by atoms with Crippen molar-refractivity contribution in [1.29, 1.82) is 0 Å². The third-order valence-corrected chi connectivity index (χ3v) is 7.32. The van der Waals surface area contributed by atoms with Gasteiger partial charge in [0.25, 0.3) is 0 Å². The second-order valence-corrected chi connectivity index (χ2v) is 9.28. The Kier molecular flexibility index (Phi) is 12.3. The third-order valence-electron chi connectivity index (χ3n) is 7.32. The fourth-order valence-electron chi connectivity index (χ4n) is 5.22. The van der Waals surface area contributed by atoms with E-state index in [1.807, 2.05) is 14.0 Å². The van der Waals surface area contributed by atoms with Gasteiger partial charge in [-0.15, -0.1) is 24.0 Å². The molecule has 0 unspecified atom stereocenters. The predicted octanol–water partition coefficient (Wildman–Crippen LogP) is 4.90. The Morgan fingerprint density at radius 2 is 1.64 bits per heavy atom. The van der Waals surface area contributed by atoms with E-state index < -0.39 is 0 Å². The number of halogens is 1. The zero-order valence-corrected chi connectivity index (χ0v) is 23.1. The van der Waals surface area contributed by atoms with Crippen LogP contribution in [0.25, 0.3) is 0 Å². The number of guanidine groups is 1. The summed E-state index contributed by atoms with van der Waals surface area (Å²) >= 11 is 0. The lowest BCUT2D eigenvalue weighted by Crippen LogP contribution is -2.49. The molecule has 0 radical (unpaired) electrons. The van der Waals surface area contributed by atoms with Gasteiger partial charge in [0.05, 0.1) is 6.61 Å². The number of ether oxygens (including phenoxy) is 3. The lowest BCUT2D eigenvalue weighted by molar-refractivity contribution is 0.0513. The molecule has 188 valence electrons. The van der Waals surface area contributed by atoms with Crippen LogP contribution < -0.4 is 15.4 Å². The van der Waals surface area contributed by atoms with Crippen LogP contribution >= 0.6 is 24.0 Å². The van der Waals surface area contributed by atoms with Crippen molar-refractivity contribution >= 4 is 29.9 Å². The van der Waals surface area contributed by atoms with Crippen molar-refractivity contribution in [2.24, 2.45) is 10.4 Å². The van der Waals surface area contributed by atoms with Gasteiger partial charge in [-0.2, -0.15) is 0 Å². The monoisotopic (exact) mass is 573 g/mol. The van der Waals surface area contributed by atoms with E-state index in [4.69, 9.17) is 14.2 Å². The van der Waals surface area contributed by atoms with E-state index in [1.54, 1.807) is 0 Å². The molecular formula is C26H44IN3O3. The first kappa shape index (κ1) is 28.2.